The van der Waals surface area contributed by atoms with Crippen LogP contribution in [0.25, 0.3) is 0 Å². The van der Waals surface area contributed by atoms with Gasteiger partial charge < -0.3 is 4.74 Å². The quantitative estimate of drug-likeness (QED) is 0.587. The van der Waals surface area contributed by atoms with E-state index in [1.54, 1.807) is 0 Å². The summed E-state index contributed by atoms with van der Waals surface area (Å²) in [6.45, 7) is 0.355. The van der Waals surface area contributed by atoms with E-state index in [1.165, 1.54) is 24.4 Å². The van der Waals surface area contributed by atoms with Crippen molar-refractivity contribution in [3.63, 3.8) is 0 Å². The van der Waals surface area contributed by atoms with Crippen LogP contribution in [0.4, 0.5) is 0 Å². The molecule has 60 valence electrons. The molecular weight excluding hydrogens is 146 g/mol. The lowest BCUT2D eigenvalue weighted by Crippen LogP contribution is -2.15. The van der Waals surface area contributed by atoms with Gasteiger partial charge in [-0.15, -0.1) is 0 Å². The van der Waals surface area contributed by atoms with Gasteiger partial charge in [-0.05, 0) is 0 Å². The second-order valence-corrected chi connectivity index (χ2v) is 2.06. The number of ketones is 1. The van der Waals surface area contributed by atoms with Crippen molar-refractivity contribution in [1.82, 2.24) is 14.8 Å². The molecule has 0 saturated carbocycles. The van der Waals surface area contributed by atoms with Gasteiger partial charge in [-0.3, -0.25) is 4.79 Å². The Hall–Kier alpha value is -1.23. The Balaban J connectivity index is 2.37. The summed E-state index contributed by atoms with van der Waals surface area (Å²) >= 11 is 0. The lowest BCUT2D eigenvalue weighted by Gasteiger charge is -1.97. The first-order chi connectivity index (χ1) is 5.33. The molecule has 0 amide bonds. The highest BCUT2D eigenvalue weighted by molar-refractivity contribution is 5.79. The van der Waals surface area contributed by atoms with Crippen LogP contribution in [0.15, 0.2) is 12.7 Å². The van der Waals surface area contributed by atoms with Gasteiger partial charge in [-0.25, -0.2) is 9.67 Å². The molecular formula is C6H9N3O2. The van der Waals surface area contributed by atoms with Gasteiger partial charge >= 0.3 is 0 Å². The molecule has 0 aliphatic carbocycles. The van der Waals surface area contributed by atoms with E-state index >= 15 is 0 Å². The fraction of sp³-hybridized carbons (Fsp3) is 0.500. The molecule has 1 heterocycles. The van der Waals surface area contributed by atoms with Gasteiger partial charge in [0.05, 0.1) is 0 Å². The topological polar surface area (TPSA) is 57.0 Å². The van der Waals surface area contributed by atoms with Crippen molar-refractivity contribution in [2.24, 2.45) is 0 Å². The van der Waals surface area contributed by atoms with E-state index in [9.17, 15) is 4.79 Å². The van der Waals surface area contributed by atoms with E-state index in [4.69, 9.17) is 0 Å². The predicted octanol–water partition coefficient (Wildman–Crippen LogP) is -0.506. The van der Waals surface area contributed by atoms with Crippen molar-refractivity contribution in [2.75, 3.05) is 13.7 Å². The van der Waals surface area contributed by atoms with Crippen molar-refractivity contribution in [1.29, 1.82) is 0 Å². The molecule has 5 heteroatoms. The predicted molar refractivity (Wildman–Crippen MR) is 36.9 cm³/mol. The maximum Gasteiger partial charge on any atom is 0.179 e. The molecule has 1 aromatic heterocycles. The zero-order valence-electron chi connectivity index (χ0n) is 6.23. The average Bonchev–Trinajstić information content (AvgIpc) is 2.40. The monoisotopic (exact) mass is 155 g/mol. The maximum absolute atomic E-state index is 10.9. The second-order valence-electron chi connectivity index (χ2n) is 2.06. The molecule has 0 radical (unpaired) electrons. The number of carbonyl (C=O) groups excluding carboxylic acids is 1. The zero-order chi connectivity index (χ0) is 8.10. The minimum Gasteiger partial charge on any atom is -0.377 e. The molecule has 0 bridgehead atoms. The SMILES string of the molecule is COCC(=O)Cn1cncn1. The number of methoxy groups -OCH3 is 1. The van der Waals surface area contributed by atoms with Crippen LogP contribution in [-0.2, 0) is 16.1 Å². The molecule has 0 aromatic carbocycles. The summed E-state index contributed by atoms with van der Waals surface area (Å²) in [5, 5.41) is 3.77. The van der Waals surface area contributed by atoms with Crippen LogP contribution in [0, 0.1) is 0 Å². The van der Waals surface area contributed by atoms with Crippen LogP contribution in [0.3, 0.4) is 0 Å². The van der Waals surface area contributed by atoms with Gasteiger partial charge in [0.25, 0.3) is 0 Å². The molecule has 1 rings (SSSR count). The van der Waals surface area contributed by atoms with Gasteiger partial charge in [-0.2, -0.15) is 5.10 Å². The Morgan fingerprint density at radius 1 is 1.73 bits per heavy atom. The van der Waals surface area contributed by atoms with Gasteiger partial charge in [0, 0.05) is 7.11 Å². The Morgan fingerprint density at radius 3 is 3.09 bits per heavy atom. The molecule has 0 fully saturated rings. The van der Waals surface area contributed by atoms with Crippen molar-refractivity contribution in [3.05, 3.63) is 12.7 Å². The smallest absolute Gasteiger partial charge is 0.179 e. The van der Waals surface area contributed by atoms with E-state index in [1.807, 2.05) is 0 Å². The summed E-state index contributed by atoms with van der Waals surface area (Å²) in [5.41, 5.74) is 0. The molecule has 0 aliphatic rings. The number of Topliss-reactive ketones (excluding diaryl/α,β-unsaturated/α-hetero) is 1. The molecule has 5 nitrogen and oxygen atoms in total. The first kappa shape index (κ1) is 7.87. The summed E-state index contributed by atoms with van der Waals surface area (Å²) in [5.74, 6) is -0.0157. The van der Waals surface area contributed by atoms with Crippen LogP contribution in [0.1, 0.15) is 0 Å². The van der Waals surface area contributed by atoms with E-state index in [0.29, 0.717) is 0 Å². The van der Waals surface area contributed by atoms with Crippen LogP contribution in [0.5, 0.6) is 0 Å². The lowest BCUT2D eigenvalue weighted by molar-refractivity contribution is -0.123. The summed E-state index contributed by atoms with van der Waals surface area (Å²) in [6.07, 6.45) is 2.88. The summed E-state index contributed by atoms with van der Waals surface area (Å²) in [6, 6.07) is 0. The normalized spacial score (nSPS) is 9.91. The van der Waals surface area contributed by atoms with E-state index in [0.717, 1.165) is 0 Å². The molecule has 0 unspecified atom stereocenters. The van der Waals surface area contributed by atoms with Crippen LogP contribution < -0.4 is 0 Å². The fourth-order valence-electron chi connectivity index (χ4n) is 0.702. The molecule has 0 saturated heterocycles. The van der Waals surface area contributed by atoms with Crippen molar-refractivity contribution >= 4 is 5.78 Å². The highest BCUT2D eigenvalue weighted by Crippen LogP contribution is 1.82. The van der Waals surface area contributed by atoms with E-state index in [-0.39, 0.29) is 18.9 Å². The number of hydrogen-bond donors (Lipinski definition) is 0. The van der Waals surface area contributed by atoms with Gasteiger partial charge in [0.2, 0.25) is 0 Å². The largest absolute Gasteiger partial charge is 0.377 e. The fourth-order valence-corrected chi connectivity index (χ4v) is 0.702. The van der Waals surface area contributed by atoms with E-state index < -0.39 is 0 Å². The van der Waals surface area contributed by atoms with Crippen molar-refractivity contribution < 1.29 is 9.53 Å². The van der Waals surface area contributed by atoms with Gasteiger partial charge in [0.15, 0.2) is 5.78 Å². The minimum absolute atomic E-state index is 0.0157. The standard InChI is InChI=1S/C6H9N3O2/c1-11-3-6(10)2-9-5-7-4-8-9/h4-5H,2-3H2,1H3. The highest BCUT2D eigenvalue weighted by Gasteiger charge is 2.01. The number of nitrogens with zero attached hydrogens (tertiary/aromatic N) is 3. The van der Waals surface area contributed by atoms with Crippen molar-refractivity contribution in [2.45, 2.75) is 6.54 Å². The molecule has 0 atom stereocenters. The number of ether oxygens (including phenoxy) is 1. The van der Waals surface area contributed by atoms with E-state index in [2.05, 4.69) is 14.8 Å². The number of aromatic nitrogens is 3. The van der Waals surface area contributed by atoms with Gasteiger partial charge in [0.1, 0.15) is 25.8 Å². The van der Waals surface area contributed by atoms with Crippen LogP contribution in [-0.4, -0.2) is 34.3 Å². The third kappa shape index (κ3) is 2.46. The molecule has 0 N–H and O–H groups in total. The molecule has 0 aliphatic heterocycles. The van der Waals surface area contributed by atoms with Crippen LogP contribution >= 0.6 is 0 Å². The maximum atomic E-state index is 10.9. The van der Waals surface area contributed by atoms with Crippen molar-refractivity contribution in [3.8, 4) is 0 Å². The summed E-state index contributed by atoms with van der Waals surface area (Å²) in [4.78, 5) is 14.6. The number of carbonyl (C=O) groups is 1. The van der Waals surface area contributed by atoms with Gasteiger partial charge in [-0.1, -0.05) is 0 Å². The highest BCUT2D eigenvalue weighted by atomic mass is 16.5. The molecule has 1 aromatic rings. The number of rotatable bonds is 4. The second kappa shape index (κ2) is 3.82. The molecule has 0 spiro atoms. The Kier molecular flexibility index (Phi) is 2.74. The minimum atomic E-state index is -0.0157. The average molecular weight is 155 g/mol. The van der Waals surface area contributed by atoms with Crippen LogP contribution in [0.2, 0.25) is 0 Å². The summed E-state index contributed by atoms with van der Waals surface area (Å²) < 4.78 is 6.10. The Morgan fingerprint density at radius 2 is 2.55 bits per heavy atom. The first-order valence-corrected chi connectivity index (χ1v) is 3.16. The number of hydrogen-bond acceptors (Lipinski definition) is 4. The molecule has 11 heavy (non-hydrogen) atoms. The zero-order valence-corrected chi connectivity index (χ0v) is 6.23. The Bertz CT molecular complexity index is 220. The first-order valence-electron chi connectivity index (χ1n) is 3.16. The summed E-state index contributed by atoms with van der Waals surface area (Å²) in [7, 11) is 1.49. The third-order valence-electron chi connectivity index (χ3n) is 1.11. The third-order valence-corrected chi connectivity index (χ3v) is 1.11. The Labute approximate surface area is 64.0 Å². The lowest BCUT2D eigenvalue weighted by atomic mass is 10.4.